The summed E-state index contributed by atoms with van der Waals surface area (Å²) >= 11 is 3.51. The topological polar surface area (TPSA) is 40.5 Å². The molecule has 2 rings (SSSR count). The standard InChI is InChI=1S/C14H21NO2S2/c1-2-18-14-4-3-13(19-14)12(17)7-10-15-8-5-11(16)6-9-15/h3-4,12,17H,2,5-10H2,1H3. The fraction of sp³-hybridized carbons (Fsp3) is 0.643. The Morgan fingerprint density at radius 3 is 2.84 bits per heavy atom. The molecule has 2 heterocycles. The van der Waals surface area contributed by atoms with Gasteiger partial charge in [0.05, 0.1) is 10.3 Å². The van der Waals surface area contributed by atoms with Crippen LogP contribution in [-0.2, 0) is 4.79 Å². The molecule has 106 valence electrons. The maximum absolute atomic E-state index is 11.2. The van der Waals surface area contributed by atoms with E-state index in [2.05, 4.69) is 17.9 Å². The molecule has 1 aromatic rings. The molecule has 1 N–H and O–H groups in total. The zero-order valence-corrected chi connectivity index (χ0v) is 12.9. The number of hydrogen-bond acceptors (Lipinski definition) is 5. The number of likely N-dealkylation sites (tertiary alicyclic amines) is 1. The molecule has 0 radical (unpaired) electrons. The van der Waals surface area contributed by atoms with Crippen molar-refractivity contribution in [3.05, 3.63) is 17.0 Å². The summed E-state index contributed by atoms with van der Waals surface area (Å²) in [5, 5.41) is 10.2. The Balaban J connectivity index is 1.76. The van der Waals surface area contributed by atoms with Crippen LogP contribution in [0, 0.1) is 0 Å². The van der Waals surface area contributed by atoms with E-state index in [9.17, 15) is 9.90 Å². The van der Waals surface area contributed by atoms with Crippen LogP contribution in [0.3, 0.4) is 0 Å². The summed E-state index contributed by atoms with van der Waals surface area (Å²) in [5.74, 6) is 1.44. The van der Waals surface area contributed by atoms with Crippen molar-refractivity contribution in [1.29, 1.82) is 0 Å². The first-order valence-electron chi connectivity index (χ1n) is 6.83. The molecule has 0 amide bonds. The number of thioether (sulfide) groups is 1. The first-order chi connectivity index (χ1) is 9.19. The molecule has 1 fully saturated rings. The van der Waals surface area contributed by atoms with E-state index in [0.717, 1.165) is 36.7 Å². The summed E-state index contributed by atoms with van der Waals surface area (Å²) in [5.41, 5.74) is 0. The van der Waals surface area contributed by atoms with Crippen molar-refractivity contribution in [2.24, 2.45) is 0 Å². The van der Waals surface area contributed by atoms with Gasteiger partial charge in [-0.1, -0.05) is 6.92 Å². The fourth-order valence-electron chi connectivity index (χ4n) is 2.21. The van der Waals surface area contributed by atoms with E-state index in [1.165, 1.54) is 4.21 Å². The predicted molar refractivity (Wildman–Crippen MR) is 81.0 cm³/mol. The summed E-state index contributed by atoms with van der Waals surface area (Å²) in [6.45, 7) is 4.72. The number of carbonyl (C=O) groups excluding carboxylic acids is 1. The normalized spacial score (nSPS) is 18.7. The van der Waals surface area contributed by atoms with Gasteiger partial charge in [-0.2, -0.15) is 0 Å². The van der Waals surface area contributed by atoms with Crippen molar-refractivity contribution in [2.45, 2.75) is 36.5 Å². The molecule has 1 aromatic heterocycles. The minimum Gasteiger partial charge on any atom is -0.388 e. The molecule has 0 bridgehead atoms. The van der Waals surface area contributed by atoms with E-state index >= 15 is 0 Å². The number of ketones is 1. The SMILES string of the molecule is CCSc1ccc(C(O)CCN2CCC(=O)CC2)s1. The molecule has 1 aliphatic heterocycles. The van der Waals surface area contributed by atoms with Gasteiger partial charge in [0.15, 0.2) is 0 Å². The number of Topliss-reactive ketones (excluding diaryl/α,β-unsaturated/α-hetero) is 1. The monoisotopic (exact) mass is 299 g/mol. The Morgan fingerprint density at radius 1 is 1.42 bits per heavy atom. The van der Waals surface area contributed by atoms with Gasteiger partial charge in [-0.25, -0.2) is 0 Å². The molecule has 1 unspecified atom stereocenters. The highest BCUT2D eigenvalue weighted by Crippen LogP contribution is 2.32. The van der Waals surface area contributed by atoms with Gasteiger partial charge >= 0.3 is 0 Å². The van der Waals surface area contributed by atoms with Crippen LogP contribution in [0.1, 0.15) is 37.2 Å². The second kappa shape index (κ2) is 7.43. The lowest BCUT2D eigenvalue weighted by atomic mass is 10.1. The minimum absolute atomic E-state index is 0.367. The van der Waals surface area contributed by atoms with Gasteiger partial charge in [-0.3, -0.25) is 4.79 Å². The fourth-order valence-corrected chi connectivity index (χ4v) is 4.29. The van der Waals surface area contributed by atoms with Crippen molar-refractivity contribution >= 4 is 28.9 Å². The highest BCUT2D eigenvalue weighted by Gasteiger charge is 2.18. The number of aliphatic hydroxyl groups is 1. The lowest BCUT2D eigenvalue weighted by Crippen LogP contribution is -2.35. The summed E-state index contributed by atoms with van der Waals surface area (Å²) in [7, 11) is 0. The molecule has 0 aliphatic carbocycles. The van der Waals surface area contributed by atoms with E-state index < -0.39 is 0 Å². The van der Waals surface area contributed by atoms with E-state index in [-0.39, 0.29) is 6.10 Å². The quantitative estimate of drug-likeness (QED) is 0.820. The third kappa shape index (κ3) is 4.60. The molecule has 1 aliphatic rings. The zero-order valence-electron chi connectivity index (χ0n) is 11.3. The Morgan fingerprint density at radius 2 is 2.16 bits per heavy atom. The van der Waals surface area contributed by atoms with E-state index in [1.54, 1.807) is 11.3 Å². The predicted octanol–water partition coefficient (Wildman–Crippen LogP) is 2.95. The molecule has 1 saturated heterocycles. The molecular weight excluding hydrogens is 278 g/mol. The third-order valence-corrected chi connectivity index (χ3v) is 5.64. The van der Waals surface area contributed by atoms with Crippen LogP contribution in [0.5, 0.6) is 0 Å². The van der Waals surface area contributed by atoms with Gasteiger partial charge in [0.25, 0.3) is 0 Å². The summed E-state index contributed by atoms with van der Waals surface area (Å²) in [6.07, 6.45) is 1.73. The summed E-state index contributed by atoms with van der Waals surface area (Å²) in [4.78, 5) is 14.5. The number of nitrogens with zero attached hydrogens (tertiary/aromatic N) is 1. The van der Waals surface area contributed by atoms with Crippen LogP contribution in [0.4, 0.5) is 0 Å². The molecular formula is C14H21NO2S2. The van der Waals surface area contributed by atoms with Gasteiger partial charge in [-0.15, -0.1) is 23.1 Å². The molecule has 0 saturated carbocycles. The van der Waals surface area contributed by atoms with Crippen LogP contribution in [-0.4, -0.2) is 41.2 Å². The first kappa shape index (κ1) is 15.0. The van der Waals surface area contributed by atoms with Crippen molar-refractivity contribution in [1.82, 2.24) is 4.90 Å². The Hall–Kier alpha value is -0.360. The third-order valence-electron chi connectivity index (χ3n) is 3.35. The molecule has 0 aromatic carbocycles. The van der Waals surface area contributed by atoms with Crippen molar-refractivity contribution in [3.63, 3.8) is 0 Å². The van der Waals surface area contributed by atoms with Crippen LogP contribution in [0.2, 0.25) is 0 Å². The van der Waals surface area contributed by atoms with Crippen molar-refractivity contribution in [3.8, 4) is 0 Å². The number of rotatable bonds is 6. The number of carbonyl (C=O) groups is 1. The van der Waals surface area contributed by atoms with Gasteiger partial charge in [0.2, 0.25) is 0 Å². The van der Waals surface area contributed by atoms with Gasteiger partial charge in [0, 0.05) is 37.4 Å². The van der Waals surface area contributed by atoms with E-state index in [4.69, 9.17) is 0 Å². The minimum atomic E-state index is -0.367. The molecule has 19 heavy (non-hydrogen) atoms. The average molecular weight is 299 g/mol. The average Bonchev–Trinajstić information content (AvgIpc) is 2.87. The largest absolute Gasteiger partial charge is 0.388 e. The maximum Gasteiger partial charge on any atom is 0.135 e. The number of hydrogen-bond donors (Lipinski definition) is 1. The Bertz CT molecular complexity index is 409. The number of piperidine rings is 1. The Labute approximate surface area is 123 Å². The van der Waals surface area contributed by atoms with Crippen LogP contribution >= 0.6 is 23.1 Å². The molecule has 3 nitrogen and oxygen atoms in total. The highest BCUT2D eigenvalue weighted by molar-refractivity contribution is 8.01. The second-order valence-electron chi connectivity index (χ2n) is 4.77. The summed E-state index contributed by atoms with van der Waals surface area (Å²) in [6, 6.07) is 4.13. The number of aliphatic hydroxyl groups excluding tert-OH is 1. The second-order valence-corrected chi connectivity index (χ2v) is 7.45. The maximum atomic E-state index is 11.2. The van der Waals surface area contributed by atoms with Crippen LogP contribution in [0.15, 0.2) is 16.3 Å². The van der Waals surface area contributed by atoms with Crippen LogP contribution in [0.25, 0.3) is 0 Å². The van der Waals surface area contributed by atoms with Crippen molar-refractivity contribution < 1.29 is 9.90 Å². The van der Waals surface area contributed by atoms with E-state index in [0.29, 0.717) is 18.6 Å². The zero-order chi connectivity index (χ0) is 13.7. The molecule has 0 spiro atoms. The Kier molecular flexibility index (Phi) is 5.88. The van der Waals surface area contributed by atoms with E-state index in [1.807, 2.05) is 17.8 Å². The lowest BCUT2D eigenvalue weighted by molar-refractivity contribution is -0.121. The van der Waals surface area contributed by atoms with Gasteiger partial charge < -0.3 is 10.0 Å². The smallest absolute Gasteiger partial charge is 0.135 e. The summed E-state index contributed by atoms with van der Waals surface area (Å²) < 4.78 is 1.28. The van der Waals surface area contributed by atoms with Gasteiger partial charge in [-0.05, 0) is 24.3 Å². The molecule has 1 atom stereocenters. The lowest BCUT2D eigenvalue weighted by Gasteiger charge is -2.26. The highest BCUT2D eigenvalue weighted by atomic mass is 32.2. The van der Waals surface area contributed by atoms with Crippen LogP contribution < -0.4 is 0 Å². The molecule has 5 heteroatoms. The number of thiophene rings is 1. The first-order valence-corrected chi connectivity index (χ1v) is 8.64. The van der Waals surface area contributed by atoms with Gasteiger partial charge in [0.1, 0.15) is 5.78 Å². The van der Waals surface area contributed by atoms with Crippen molar-refractivity contribution in [2.75, 3.05) is 25.4 Å².